The number of amides is 1. The molecule has 0 saturated carbocycles. The fourth-order valence-electron chi connectivity index (χ4n) is 1.11. The highest BCUT2D eigenvalue weighted by atomic mass is 16.5. The van der Waals surface area contributed by atoms with E-state index in [1.54, 1.807) is 13.8 Å². The Kier molecular flexibility index (Phi) is 3.98. The summed E-state index contributed by atoms with van der Waals surface area (Å²) in [4.78, 5) is 25.5. The van der Waals surface area contributed by atoms with Crippen molar-refractivity contribution in [3.8, 4) is 0 Å². The van der Waals surface area contributed by atoms with Gasteiger partial charge in [0.1, 0.15) is 0 Å². The number of carbonyl (C=O) groups is 2. The first kappa shape index (κ1) is 12.2. The predicted molar refractivity (Wildman–Crippen MR) is 52.8 cm³/mol. The second kappa shape index (κ2) is 5.24. The molecule has 1 aromatic heterocycles. The maximum absolute atomic E-state index is 11.4. The molecule has 1 aromatic rings. The third-order valence-corrected chi connectivity index (χ3v) is 1.86. The third kappa shape index (κ3) is 3.68. The van der Waals surface area contributed by atoms with Crippen molar-refractivity contribution in [2.45, 2.75) is 20.3 Å². The number of carboxylic acid groups (broad SMARTS) is 1. The van der Waals surface area contributed by atoms with E-state index >= 15 is 0 Å². The van der Waals surface area contributed by atoms with E-state index in [9.17, 15) is 9.59 Å². The molecule has 16 heavy (non-hydrogen) atoms. The molecule has 1 heterocycles. The molecule has 0 bridgehead atoms. The standard InChI is InChI=1S/C9H13N3O4/c1-5(3-7(13)14)4-10-9(15)8-11-6(2)16-12-8/h5H,3-4H2,1-2H3,(H,10,15)(H,13,14). The van der Waals surface area contributed by atoms with Crippen LogP contribution in [0.15, 0.2) is 4.52 Å². The summed E-state index contributed by atoms with van der Waals surface area (Å²) >= 11 is 0. The molecule has 7 nitrogen and oxygen atoms in total. The quantitative estimate of drug-likeness (QED) is 0.745. The lowest BCUT2D eigenvalue weighted by atomic mass is 10.1. The van der Waals surface area contributed by atoms with Gasteiger partial charge in [-0.05, 0) is 5.92 Å². The van der Waals surface area contributed by atoms with Gasteiger partial charge in [-0.3, -0.25) is 9.59 Å². The average molecular weight is 227 g/mol. The maximum atomic E-state index is 11.4. The number of nitrogens with zero attached hydrogens (tertiary/aromatic N) is 2. The van der Waals surface area contributed by atoms with Crippen LogP contribution in [0.5, 0.6) is 0 Å². The van der Waals surface area contributed by atoms with Gasteiger partial charge in [0, 0.05) is 19.9 Å². The van der Waals surface area contributed by atoms with Crippen molar-refractivity contribution in [3.05, 3.63) is 11.7 Å². The zero-order valence-corrected chi connectivity index (χ0v) is 9.06. The highest BCUT2D eigenvalue weighted by Crippen LogP contribution is 2.00. The summed E-state index contributed by atoms with van der Waals surface area (Å²) < 4.78 is 4.64. The van der Waals surface area contributed by atoms with Gasteiger partial charge in [-0.2, -0.15) is 4.98 Å². The second-order valence-corrected chi connectivity index (χ2v) is 3.55. The van der Waals surface area contributed by atoms with Crippen LogP contribution in [0.25, 0.3) is 0 Å². The van der Waals surface area contributed by atoms with Gasteiger partial charge >= 0.3 is 5.97 Å². The second-order valence-electron chi connectivity index (χ2n) is 3.55. The van der Waals surface area contributed by atoms with Crippen molar-refractivity contribution >= 4 is 11.9 Å². The molecule has 1 rings (SSSR count). The lowest BCUT2D eigenvalue weighted by molar-refractivity contribution is -0.137. The summed E-state index contributed by atoms with van der Waals surface area (Å²) in [6, 6.07) is 0. The fourth-order valence-corrected chi connectivity index (χ4v) is 1.11. The van der Waals surface area contributed by atoms with Crippen LogP contribution < -0.4 is 5.32 Å². The van der Waals surface area contributed by atoms with Crippen LogP contribution in [-0.4, -0.2) is 33.7 Å². The van der Waals surface area contributed by atoms with Crippen molar-refractivity contribution in [2.24, 2.45) is 5.92 Å². The molecule has 0 fully saturated rings. The molecule has 1 unspecified atom stereocenters. The topological polar surface area (TPSA) is 105 Å². The molecule has 2 N–H and O–H groups in total. The largest absolute Gasteiger partial charge is 0.481 e. The number of aliphatic carboxylic acids is 1. The van der Waals surface area contributed by atoms with E-state index in [4.69, 9.17) is 5.11 Å². The zero-order valence-electron chi connectivity index (χ0n) is 9.06. The molecule has 1 atom stereocenters. The summed E-state index contributed by atoms with van der Waals surface area (Å²) in [6.45, 7) is 3.57. The van der Waals surface area contributed by atoms with E-state index < -0.39 is 11.9 Å². The van der Waals surface area contributed by atoms with Crippen LogP contribution in [0.4, 0.5) is 0 Å². The number of carboxylic acids is 1. The Hall–Kier alpha value is -1.92. The molecule has 88 valence electrons. The molecule has 1 amide bonds. The van der Waals surface area contributed by atoms with E-state index in [-0.39, 0.29) is 24.7 Å². The number of rotatable bonds is 5. The monoisotopic (exact) mass is 227 g/mol. The first-order valence-corrected chi connectivity index (χ1v) is 4.79. The minimum absolute atomic E-state index is 0.00551. The zero-order chi connectivity index (χ0) is 12.1. The highest BCUT2D eigenvalue weighted by molar-refractivity contribution is 5.90. The minimum atomic E-state index is -0.892. The summed E-state index contributed by atoms with van der Waals surface area (Å²) in [5, 5.41) is 14.5. The summed E-state index contributed by atoms with van der Waals surface area (Å²) in [6.07, 6.45) is 0.00551. The van der Waals surface area contributed by atoms with Crippen LogP contribution in [0, 0.1) is 12.8 Å². The van der Waals surface area contributed by atoms with E-state index in [2.05, 4.69) is 20.0 Å². The smallest absolute Gasteiger partial charge is 0.303 e. The van der Waals surface area contributed by atoms with Gasteiger partial charge < -0.3 is 14.9 Å². The van der Waals surface area contributed by atoms with Gasteiger partial charge in [0.2, 0.25) is 5.89 Å². The first-order valence-electron chi connectivity index (χ1n) is 4.79. The van der Waals surface area contributed by atoms with Crippen molar-refractivity contribution in [2.75, 3.05) is 6.54 Å². The number of hydrogen-bond acceptors (Lipinski definition) is 5. The van der Waals surface area contributed by atoms with Crippen LogP contribution in [-0.2, 0) is 4.79 Å². The lowest BCUT2D eigenvalue weighted by Gasteiger charge is -2.08. The molecule has 0 saturated heterocycles. The van der Waals surface area contributed by atoms with Crippen LogP contribution in [0.3, 0.4) is 0 Å². The van der Waals surface area contributed by atoms with E-state index in [0.717, 1.165) is 0 Å². The Morgan fingerprint density at radius 1 is 1.56 bits per heavy atom. The third-order valence-electron chi connectivity index (χ3n) is 1.86. The molecule has 0 radical (unpaired) electrons. The van der Waals surface area contributed by atoms with Crippen molar-refractivity contribution in [3.63, 3.8) is 0 Å². The predicted octanol–water partition coefficient (Wildman–Crippen LogP) is 0.219. The Morgan fingerprint density at radius 3 is 2.75 bits per heavy atom. The van der Waals surface area contributed by atoms with Crippen molar-refractivity contribution < 1.29 is 19.2 Å². The van der Waals surface area contributed by atoms with Gasteiger partial charge in [0.15, 0.2) is 0 Å². The van der Waals surface area contributed by atoms with E-state index in [1.165, 1.54) is 0 Å². The van der Waals surface area contributed by atoms with Crippen molar-refractivity contribution in [1.82, 2.24) is 15.5 Å². The van der Waals surface area contributed by atoms with Gasteiger partial charge in [-0.1, -0.05) is 12.1 Å². The number of aryl methyl sites for hydroxylation is 1. The molecular formula is C9H13N3O4. The van der Waals surface area contributed by atoms with E-state index in [0.29, 0.717) is 5.89 Å². The fraction of sp³-hybridized carbons (Fsp3) is 0.556. The van der Waals surface area contributed by atoms with Crippen LogP contribution in [0.2, 0.25) is 0 Å². The van der Waals surface area contributed by atoms with Gasteiger partial charge in [-0.25, -0.2) is 0 Å². The number of carbonyl (C=O) groups excluding carboxylic acids is 1. The molecule has 0 aliphatic rings. The summed E-state index contributed by atoms with van der Waals surface area (Å²) in [5.74, 6) is -1.23. The molecule has 0 spiro atoms. The molecule has 0 aliphatic heterocycles. The lowest BCUT2D eigenvalue weighted by Crippen LogP contribution is -2.29. The van der Waals surface area contributed by atoms with E-state index in [1.807, 2.05) is 0 Å². The number of hydrogen-bond donors (Lipinski definition) is 2. The van der Waals surface area contributed by atoms with Gasteiger partial charge in [0.25, 0.3) is 11.7 Å². The van der Waals surface area contributed by atoms with Crippen molar-refractivity contribution in [1.29, 1.82) is 0 Å². The highest BCUT2D eigenvalue weighted by Gasteiger charge is 2.14. The number of aromatic nitrogens is 2. The average Bonchev–Trinajstić information content (AvgIpc) is 2.60. The Bertz CT molecular complexity index is 388. The Morgan fingerprint density at radius 2 is 2.25 bits per heavy atom. The molecular weight excluding hydrogens is 214 g/mol. The van der Waals surface area contributed by atoms with Crippen LogP contribution >= 0.6 is 0 Å². The SMILES string of the molecule is Cc1nc(C(=O)NCC(C)CC(=O)O)no1. The molecule has 0 aliphatic carbocycles. The van der Waals surface area contributed by atoms with Gasteiger partial charge in [-0.15, -0.1) is 0 Å². The summed E-state index contributed by atoms with van der Waals surface area (Å²) in [5.41, 5.74) is 0. The van der Waals surface area contributed by atoms with Crippen LogP contribution in [0.1, 0.15) is 29.9 Å². The minimum Gasteiger partial charge on any atom is -0.481 e. The Labute approximate surface area is 91.8 Å². The van der Waals surface area contributed by atoms with Gasteiger partial charge in [0.05, 0.1) is 0 Å². The summed E-state index contributed by atoms with van der Waals surface area (Å²) in [7, 11) is 0. The number of nitrogens with one attached hydrogen (secondary N) is 1. The maximum Gasteiger partial charge on any atom is 0.303 e. The molecule has 0 aromatic carbocycles. The Balaban J connectivity index is 2.38. The first-order chi connectivity index (χ1) is 7.49. The normalized spacial score (nSPS) is 12.1. The molecule has 7 heteroatoms.